The molecule has 15 heavy (non-hydrogen) atoms. The van der Waals surface area contributed by atoms with E-state index in [4.69, 9.17) is 0 Å². The van der Waals surface area contributed by atoms with E-state index in [1.165, 1.54) is 18.3 Å². The third kappa shape index (κ3) is 4.54. The fourth-order valence-electron chi connectivity index (χ4n) is 1.14. The molecule has 1 aromatic heterocycles. The van der Waals surface area contributed by atoms with Crippen molar-refractivity contribution in [3.63, 3.8) is 0 Å². The van der Waals surface area contributed by atoms with Gasteiger partial charge in [0.25, 0.3) is 0 Å². The summed E-state index contributed by atoms with van der Waals surface area (Å²) in [5.74, 6) is -0.639. The van der Waals surface area contributed by atoms with Gasteiger partial charge < -0.3 is 5.32 Å². The van der Waals surface area contributed by atoms with Gasteiger partial charge in [-0.1, -0.05) is 20.8 Å². The molecule has 0 saturated heterocycles. The number of pyridine rings is 1. The SMILES string of the molecule is CC(C)(C)CC(=O)Nc1ccc(F)nc1. The van der Waals surface area contributed by atoms with Crippen LogP contribution < -0.4 is 5.32 Å². The third-order valence-electron chi connectivity index (χ3n) is 1.70. The fraction of sp³-hybridized carbons (Fsp3) is 0.455. The monoisotopic (exact) mass is 210 g/mol. The summed E-state index contributed by atoms with van der Waals surface area (Å²) in [7, 11) is 0. The first-order chi connectivity index (χ1) is 6.87. The van der Waals surface area contributed by atoms with Crippen LogP contribution in [0.3, 0.4) is 0 Å². The normalized spacial score (nSPS) is 11.2. The highest BCUT2D eigenvalue weighted by atomic mass is 19.1. The molecule has 0 bridgehead atoms. The zero-order valence-corrected chi connectivity index (χ0v) is 9.17. The number of aromatic nitrogens is 1. The summed E-state index contributed by atoms with van der Waals surface area (Å²) < 4.78 is 12.5. The van der Waals surface area contributed by atoms with Gasteiger partial charge in [0.2, 0.25) is 11.9 Å². The first-order valence-corrected chi connectivity index (χ1v) is 4.78. The predicted molar refractivity (Wildman–Crippen MR) is 56.9 cm³/mol. The molecule has 0 atom stereocenters. The van der Waals surface area contributed by atoms with Crippen LogP contribution in [0.1, 0.15) is 27.2 Å². The molecule has 1 N–H and O–H groups in total. The average molecular weight is 210 g/mol. The second kappa shape index (κ2) is 4.38. The highest BCUT2D eigenvalue weighted by Crippen LogP contribution is 2.19. The summed E-state index contributed by atoms with van der Waals surface area (Å²) >= 11 is 0. The van der Waals surface area contributed by atoms with E-state index in [1.807, 2.05) is 20.8 Å². The molecule has 1 amide bonds. The lowest BCUT2D eigenvalue weighted by Gasteiger charge is -2.17. The quantitative estimate of drug-likeness (QED) is 0.762. The fourth-order valence-corrected chi connectivity index (χ4v) is 1.14. The van der Waals surface area contributed by atoms with Crippen molar-refractivity contribution in [3.05, 3.63) is 24.3 Å². The number of nitrogens with one attached hydrogen (secondary N) is 1. The van der Waals surface area contributed by atoms with Crippen LogP contribution in [-0.2, 0) is 4.79 Å². The molecule has 3 nitrogen and oxygen atoms in total. The maximum absolute atomic E-state index is 12.5. The van der Waals surface area contributed by atoms with Gasteiger partial charge in [-0.2, -0.15) is 4.39 Å². The maximum atomic E-state index is 12.5. The molecular formula is C11H15FN2O. The first kappa shape index (κ1) is 11.6. The van der Waals surface area contributed by atoms with E-state index < -0.39 is 5.95 Å². The summed E-state index contributed by atoms with van der Waals surface area (Å²) in [5.41, 5.74) is 0.461. The van der Waals surface area contributed by atoms with E-state index in [-0.39, 0.29) is 11.3 Å². The van der Waals surface area contributed by atoms with Crippen LogP contribution in [0.5, 0.6) is 0 Å². The zero-order chi connectivity index (χ0) is 11.5. The molecule has 0 saturated carbocycles. The molecule has 0 spiro atoms. The number of hydrogen-bond donors (Lipinski definition) is 1. The Kier molecular flexibility index (Phi) is 3.39. The Bertz CT molecular complexity index is 341. The van der Waals surface area contributed by atoms with Gasteiger partial charge in [-0.3, -0.25) is 4.79 Å². The molecule has 1 heterocycles. The molecule has 0 radical (unpaired) electrons. The van der Waals surface area contributed by atoms with Gasteiger partial charge in [0.1, 0.15) is 0 Å². The number of nitrogens with zero attached hydrogens (tertiary/aromatic N) is 1. The summed E-state index contributed by atoms with van der Waals surface area (Å²) in [6.07, 6.45) is 1.72. The van der Waals surface area contributed by atoms with Crippen molar-refractivity contribution >= 4 is 11.6 Å². The Morgan fingerprint density at radius 2 is 2.13 bits per heavy atom. The Morgan fingerprint density at radius 3 is 2.60 bits per heavy atom. The summed E-state index contributed by atoms with van der Waals surface area (Å²) in [6.45, 7) is 5.94. The Balaban J connectivity index is 2.55. The maximum Gasteiger partial charge on any atom is 0.224 e. The minimum Gasteiger partial charge on any atom is -0.325 e. The smallest absolute Gasteiger partial charge is 0.224 e. The number of carbonyl (C=O) groups excluding carboxylic acids is 1. The second-order valence-electron chi connectivity index (χ2n) is 4.66. The highest BCUT2D eigenvalue weighted by Gasteiger charge is 2.15. The van der Waals surface area contributed by atoms with E-state index in [1.54, 1.807) is 0 Å². The van der Waals surface area contributed by atoms with Crippen molar-refractivity contribution in [3.8, 4) is 0 Å². The molecular weight excluding hydrogens is 195 g/mol. The van der Waals surface area contributed by atoms with Crippen LogP contribution >= 0.6 is 0 Å². The van der Waals surface area contributed by atoms with Crippen molar-refractivity contribution in [2.45, 2.75) is 27.2 Å². The Hall–Kier alpha value is -1.45. The highest BCUT2D eigenvalue weighted by molar-refractivity contribution is 5.90. The summed E-state index contributed by atoms with van der Waals surface area (Å²) in [5, 5.41) is 2.66. The van der Waals surface area contributed by atoms with Crippen LogP contribution in [0, 0.1) is 11.4 Å². The predicted octanol–water partition coefficient (Wildman–Crippen LogP) is 2.60. The van der Waals surface area contributed by atoms with Crippen LogP contribution in [-0.4, -0.2) is 10.9 Å². The largest absolute Gasteiger partial charge is 0.325 e. The molecule has 0 fully saturated rings. The van der Waals surface area contributed by atoms with E-state index in [0.29, 0.717) is 12.1 Å². The molecule has 82 valence electrons. The van der Waals surface area contributed by atoms with Crippen LogP contribution in [0.25, 0.3) is 0 Å². The Morgan fingerprint density at radius 1 is 1.47 bits per heavy atom. The second-order valence-corrected chi connectivity index (χ2v) is 4.66. The molecule has 0 aliphatic heterocycles. The van der Waals surface area contributed by atoms with Crippen LogP contribution in [0.4, 0.5) is 10.1 Å². The number of carbonyl (C=O) groups is 1. The van der Waals surface area contributed by atoms with Gasteiger partial charge in [0, 0.05) is 6.42 Å². The average Bonchev–Trinajstić information content (AvgIpc) is 2.05. The van der Waals surface area contributed by atoms with Crippen molar-refractivity contribution in [1.82, 2.24) is 4.98 Å². The lowest BCUT2D eigenvalue weighted by Crippen LogP contribution is -2.19. The van der Waals surface area contributed by atoms with Crippen molar-refractivity contribution in [2.24, 2.45) is 5.41 Å². The minimum atomic E-state index is -0.552. The topological polar surface area (TPSA) is 42.0 Å². The third-order valence-corrected chi connectivity index (χ3v) is 1.70. The molecule has 1 rings (SSSR count). The van der Waals surface area contributed by atoms with E-state index >= 15 is 0 Å². The molecule has 0 aliphatic carbocycles. The number of rotatable bonds is 2. The molecule has 1 aromatic rings. The molecule has 0 unspecified atom stereocenters. The van der Waals surface area contributed by atoms with Gasteiger partial charge in [-0.05, 0) is 17.5 Å². The van der Waals surface area contributed by atoms with Gasteiger partial charge in [-0.15, -0.1) is 0 Å². The summed E-state index contributed by atoms with van der Waals surface area (Å²) in [4.78, 5) is 14.9. The van der Waals surface area contributed by atoms with E-state index in [9.17, 15) is 9.18 Å². The van der Waals surface area contributed by atoms with Crippen molar-refractivity contribution < 1.29 is 9.18 Å². The number of amides is 1. The summed E-state index contributed by atoms with van der Waals surface area (Å²) in [6, 6.07) is 2.70. The number of anilines is 1. The first-order valence-electron chi connectivity index (χ1n) is 4.78. The van der Waals surface area contributed by atoms with Gasteiger partial charge in [0.05, 0.1) is 11.9 Å². The molecule has 0 aromatic carbocycles. The van der Waals surface area contributed by atoms with E-state index in [2.05, 4.69) is 10.3 Å². The van der Waals surface area contributed by atoms with Gasteiger partial charge in [-0.25, -0.2) is 4.98 Å². The van der Waals surface area contributed by atoms with Crippen LogP contribution in [0.2, 0.25) is 0 Å². The molecule has 0 aliphatic rings. The Labute approximate surface area is 88.7 Å². The van der Waals surface area contributed by atoms with Gasteiger partial charge >= 0.3 is 0 Å². The minimum absolute atomic E-state index is 0.0580. The van der Waals surface area contributed by atoms with Crippen molar-refractivity contribution in [1.29, 1.82) is 0 Å². The molecule has 4 heteroatoms. The number of halogens is 1. The van der Waals surface area contributed by atoms with Gasteiger partial charge in [0.15, 0.2) is 0 Å². The van der Waals surface area contributed by atoms with Crippen LogP contribution in [0.15, 0.2) is 18.3 Å². The lowest BCUT2D eigenvalue weighted by atomic mass is 9.92. The lowest BCUT2D eigenvalue weighted by molar-refractivity contribution is -0.117. The standard InChI is InChI=1S/C11H15FN2O/c1-11(2,3)6-10(15)14-8-4-5-9(12)13-7-8/h4-5,7H,6H2,1-3H3,(H,14,15). The van der Waals surface area contributed by atoms with Crippen molar-refractivity contribution in [2.75, 3.05) is 5.32 Å². The number of hydrogen-bond acceptors (Lipinski definition) is 2. The van der Waals surface area contributed by atoms with E-state index in [0.717, 1.165) is 0 Å². The zero-order valence-electron chi connectivity index (χ0n) is 9.17.